The van der Waals surface area contributed by atoms with Gasteiger partial charge >= 0.3 is 0 Å². The van der Waals surface area contributed by atoms with E-state index in [9.17, 15) is 4.79 Å². The number of hydrogen-bond acceptors (Lipinski definition) is 7. The Morgan fingerprint density at radius 1 is 1.78 bits per heavy atom. The van der Waals surface area contributed by atoms with Gasteiger partial charge in [0.25, 0.3) is 5.91 Å². The summed E-state index contributed by atoms with van der Waals surface area (Å²) in [5, 5.41) is 3.93. The molecule has 1 aliphatic heterocycles. The maximum Gasteiger partial charge on any atom is 0.288 e. The number of nitrogens with two attached hydrogens (primary N) is 1. The van der Waals surface area contributed by atoms with Crippen LogP contribution in [0.3, 0.4) is 0 Å². The molecule has 1 fully saturated rings. The van der Waals surface area contributed by atoms with E-state index in [2.05, 4.69) is 22.3 Å². The predicted octanol–water partition coefficient (Wildman–Crippen LogP) is 0.220. The van der Waals surface area contributed by atoms with E-state index in [1.165, 1.54) is 11.0 Å². The van der Waals surface area contributed by atoms with E-state index >= 15 is 0 Å². The molecule has 2 rings (SSSR count). The summed E-state index contributed by atoms with van der Waals surface area (Å²) in [5.41, 5.74) is 5.06. The lowest BCUT2D eigenvalue weighted by Crippen LogP contribution is -2.17. The highest BCUT2D eigenvalue weighted by Crippen LogP contribution is 2.38. The molecular weight excluding hydrogens is 279 g/mol. The molecule has 0 aromatic carbocycles. The van der Waals surface area contributed by atoms with Crippen molar-refractivity contribution < 1.29 is 18.9 Å². The number of thiol groups is 1. The van der Waals surface area contributed by atoms with Gasteiger partial charge in [0.05, 0.1) is 12.7 Å². The van der Waals surface area contributed by atoms with Crippen LogP contribution in [-0.4, -0.2) is 38.3 Å². The molecule has 1 amide bonds. The molecule has 2 heterocycles. The Morgan fingerprint density at radius 2 is 2.56 bits per heavy atom. The molecule has 10 heteroatoms. The number of primary amides is 1. The van der Waals surface area contributed by atoms with Gasteiger partial charge in [0, 0.05) is 0 Å². The van der Waals surface area contributed by atoms with Crippen molar-refractivity contribution in [2.45, 2.75) is 25.2 Å². The van der Waals surface area contributed by atoms with Gasteiger partial charge in [-0.1, -0.05) is 12.2 Å². The summed E-state index contributed by atoms with van der Waals surface area (Å²) in [6, 6.07) is 0. The summed E-state index contributed by atoms with van der Waals surface area (Å²) in [5.74, 6) is -0.708. The van der Waals surface area contributed by atoms with E-state index < -0.39 is 13.5 Å². The molecule has 8 nitrogen and oxygen atoms in total. The molecule has 3 N–H and O–H groups in total. The van der Waals surface area contributed by atoms with Gasteiger partial charge in [0.1, 0.15) is 6.33 Å². The van der Waals surface area contributed by atoms with Crippen LogP contribution >= 0.6 is 19.8 Å². The first-order valence-corrected chi connectivity index (χ1v) is 7.60. The van der Waals surface area contributed by atoms with E-state index in [1.54, 1.807) is 0 Å². The van der Waals surface area contributed by atoms with E-state index in [-0.39, 0.29) is 24.8 Å². The van der Waals surface area contributed by atoms with Crippen molar-refractivity contribution in [2.24, 2.45) is 5.73 Å². The van der Waals surface area contributed by atoms with Crippen LogP contribution in [0.2, 0.25) is 0 Å². The second-order valence-corrected chi connectivity index (χ2v) is 5.54. The fourth-order valence-corrected chi connectivity index (χ4v) is 2.18. The van der Waals surface area contributed by atoms with Crippen molar-refractivity contribution in [2.75, 3.05) is 6.61 Å². The number of carbonyl (C=O) groups is 1. The minimum absolute atomic E-state index is 0.0347. The Balaban J connectivity index is 1.89. The average Bonchev–Trinajstić information content (AvgIpc) is 2.95. The van der Waals surface area contributed by atoms with E-state index in [4.69, 9.17) is 19.9 Å². The van der Waals surface area contributed by atoms with E-state index in [0.29, 0.717) is 0 Å². The topological polar surface area (TPSA) is 112 Å². The second kappa shape index (κ2) is 5.94. The first-order chi connectivity index (χ1) is 8.56. The standard InChI is InChI=1S/C8H13N4O4PS/c9-7(13)8-10-4-12(11-8)6-2-1-5(16-6)3-15-17(14)18/h4-6,14,18H,1-3H2,(H2,9,13). The summed E-state index contributed by atoms with van der Waals surface area (Å²) in [6.07, 6.45) is 2.49. The van der Waals surface area contributed by atoms with Crippen LogP contribution in [0.4, 0.5) is 0 Å². The maximum absolute atomic E-state index is 10.9. The van der Waals surface area contributed by atoms with Crippen molar-refractivity contribution in [1.29, 1.82) is 0 Å². The number of ether oxygens (including phenoxy) is 1. The number of hydrogen-bond donors (Lipinski definition) is 3. The van der Waals surface area contributed by atoms with Gasteiger partial charge < -0.3 is 19.9 Å². The third kappa shape index (κ3) is 3.39. The van der Waals surface area contributed by atoms with Crippen LogP contribution in [0.25, 0.3) is 0 Å². The summed E-state index contributed by atoms with van der Waals surface area (Å²) in [4.78, 5) is 23.6. The van der Waals surface area contributed by atoms with Crippen molar-refractivity contribution in [1.82, 2.24) is 14.8 Å². The second-order valence-electron chi connectivity index (χ2n) is 3.75. The van der Waals surface area contributed by atoms with Gasteiger partial charge in [0.2, 0.25) is 13.4 Å². The maximum atomic E-state index is 10.9. The van der Waals surface area contributed by atoms with E-state index in [0.717, 1.165) is 12.8 Å². The highest BCUT2D eigenvalue weighted by atomic mass is 32.7. The van der Waals surface area contributed by atoms with Crippen LogP contribution in [-0.2, 0) is 9.26 Å². The molecular formula is C8H13N4O4PS. The summed E-state index contributed by atoms with van der Waals surface area (Å²) >= 11 is 3.75. The first-order valence-electron chi connectivity index (χ1n) is 5.23. The summed E-state index contributed by atoms with van der Waals surface area (Å²) in [7, 11) is -1.67. The number of amides is 1. The molecule has 1 aromatic heterocycles. The highest BCUT2D eigenvalue weighted by molar-refractivity contribution is 8.41. The zero-order valence-electron chi connectivity index (χ0n) is 9.34. The van der Waals surface area contributed by atoms with Crippen molar-refractivity contribution in [3.8, 4) is 0 Å². The number of rotatable bonds is 5. The molecule has 1 aromatic rings. The SMILES string of the molecule is NC(=O)c1ncn(C2CCC(COP(O)S)O2)n1. The molecule has 3 unspecified atom stereocenters. The number of nitrogens with zero attached hydrogens (tertiary/aromatic N) is 3. The van der Waals surface area contributed by atoms with Crippen molar-refractivity contribution in [3.63, 3.8) is 0 Å². The van der Waals surface area contributed by atoms with Gasteiger partial charge in [-0.3, -0.25) is 4.79 Å². The molecule has 0 saturated carbocycles. The molecule has 0 radical (unpaired) electrons. The average molecular weight is 292 g/mol. The molecule has 0 spiro atoms. The Labute approximate surface area is 110 Å². The normalized spacial score (nSPS) is 25.2. The van der Waals surface area contributed by atoms with Gasteiger partial charge in [-0.2, -0.15) is 0 Å². The summed E-state index contributed by atoms with van der Waals surface area (Å²) in [6.45, 7) is 0.277. The van der Waals surface area contributed by atoms with Crippen LogP contribution in [0.5, 0.6) is 0 Å². The molecule has 0 aliphatic carbocycles. The Morgan fingerprint density at radius 3 is 3.17 bits per heavy atom. The van der Waals surface area contributed by atoms with E-state index in [1.807, 2.05) is 0 Å². The lowest BCUT2D eigenvalue weighted by Gasteiger charge is -2.13. The monoisotopic (exact) mass is 292 g/mol. The van der Waals surface area contributed by atoms with Crippen molar-refractivity contribution in [3.05, 3.63) is 12.2 Å². The first kappa shape index (κ1) is 13.7. The van der Waals surface area contributed by atoms with Gasteiger partial charge in [-0.15, -0.1) is 5.10 Å². The fraction of sp³-hybridized carbons (Fsp3) is 0.625. The zero-order chi connectivity index (χ0) is 13.1. The molecule has 0 bridgehead atoms. The third-order valence-corrected chi connectivity index (χ3v) is 3.21. The lowest BCUT2D eigenvalue weighted by molar-refractivity contribution is -0.0231. The third-order valence-electron chi connectivity index (χ3n) is 2.48. The lowest BCUT2D eigenvalue weighted by atomic mass is 10.2. The largest absolute Gasteiger partial charge is 0.363 e. The number of carbonyl (C=O) groups excluding carboxylic acids is 1. The molecule has 3 atom stereocenters. The molecule has 1 aliphatic rings. The quantitative estimate of drug-likeness (QED) is 0.528. The summed E-state index contributed by atoms with van der Waals surface area (Å²) < 4.78 is 12.1. The van der Waals surface area contributed by atoms with Crippen LogP contribution in [0.1, 0.15) is 29.7 Å². The Kier molecular flexibility index (Phi) is 4.52. The Hall–Kier alpha value is -0.730. The van der Waals surface area contributed by atoms with Gasteiger partial charge in [0.15, 0.2) is 6.23 Å². The van der Waals surface area contributed by atoms with Crippen molar-refractivity contribution >= 4 is 25.7 Å². The van der Waals surface area contributed by atoms with Crippen LogP contribution in [0.15, 0.2) is 6.33 Å². The van der Waals surface area contributed by atoms with Gasteiger partial charge in [-0.25, -0.2) is 9.67 Å². The number of aromatic nitrogens is 3. The Bertz CT molecular complexity index is 429. The molecule has 100 valence electrons. The van der Waals surface area contributed by atoms with Crippen LogP contribution in [0, 0.1) is 0 Å². The highest BCUT2D eigenvalue weighted by Gasteiger charge is 2.28. The zero-order valence-corrected chi connectivity index (χ0v) is 11.1. The smallest absolute Gasteiger partial charge is 0.288 e. The molecule has 18 heavy (non-hydrogen) atoms. The van der Waals surface area contributed by atoms with Crippen LogP contribution < -0.4 is 5.73 Å². The minimum atomic E-state index is -1.67. The minimum Gasteiger partial charge on any atom is -0.363 e. The fourth-order valence-electron chi connectivity index (χ4n) is 1.68. The molecule has 1 saturated heterocycles. The predicted molar refractivity (Wildman–Crippen MR) is 65.8 cm³/mol. The van der Waals surface area contributed by atoms with Gasteiger partial charge in [-0.05, 0) is 12.8 Å².